The topological polar surface area (TPSA) is 103 Å². The van der Waals surface area contributed by atoms with Crippen molar-refractivity contribution in [2.75, 3.05) is 17.7 Å². The van der Waals surface area contributed by atoms with E-state index in [0.29, 0.717) is 16.3 Å². The van der Waals surface area contributed by atoms with Crippen LogP contribution in [0.2, 0.25) is 0 Å². The van der Waals surface area contributed by atoms with Gasteiger partial charge in [0.05, 0.1) is 36.0 Å². The van der Waals surface area contributed by atoms with Crippen molar-refractivity contribution < 1.29 is 28.6 Å². The van der Waals surface area contributed by atoms with Crippen molar-refractivity contribution in [3.8, 4) is 0 Å². The smallest absolute Gasteiger partial charge is 0.341 e. The van der Waals surface area contributed by atoms with Gasteiger partial charge in [-0.25, -0.2) is 14.4 Å². The highest BCUT2D eigenvalue weighted by Crippen LogP contribution is 2.38. The quantitative estimate of drug-likeness (QED) is 0.285. The number of ether oxygens (including phenoxy) is 3. The molecule has 1 aromatic carbocycles. The molecule has 0 saturated carbocycles. The van der Waals surface area contributed by atoms with Gasteiger partial charge in [0, 0.05) is 10.6 Å². The van der Waals surface area contributed by atoms with Crippen LogP contribution in [0.4, 0.5) is 10.7 Å². The third-order valence-corrected chi connectivity index (χ3v) is 6.55. The molecule has 1 aromatic heterocycles. The highest BCUT2D eigenvalue weighted by molar-refractivity contribution is 7.80. The lowest BCUT2D eigenvalue weighted by atomic mass is 9.95. The molecule has 0 aliphatic heterocycles. The van der Waals surface area contributed by atoms with E-state index in [0.717, 1.165) is 36.1 Å². The Morgan fingerprint density at radius 2 is 1.46 bits per heavy atom. The Balaban J connectivity index is 1.88. The second-order valence-corrected chi connectivity index (χ2v) is 10.2. The van der Waals surface area contributed by atoms with E-state index in [1.54, 1.807) is 39.8 Å². The predicted molar refractivity (Wildman–Crippen MR) is 140 cm³/mol. The van der Waals surface area contributed by atoms with E-state index in [2.05, 4.69) is 10.6 Å². The molecule has 188 valence electrons. The number of thiocarbonyl (C=S) groups is 1. The van der Waals surface area contributed by atoms with Crippen LogP contribution >= 0.6 is 23.6 Å². The molecule has 0 fully saturated rings. The monoisotopic (exact) mass is 518 g/mol. The molecule has 3 rings (SSSR count). The molecule has 1 heterocycles. The van der Waals surface area contributed by atoms with Gasteiger partial charge >= 0.3 is 17.9 Å². The van der Waals surface area contributed by atoms with Crippen molar-refractivity contribution in [3.05, 3.63) is 45.3 Å². The van der Waals surface area contributed by atoms with E-state index in [1.165, 1.54) is 24.5 Å². The number of hydrogen-bond acceptors (Lipinski definition) is 8. The first-order chi connectivity index (χ1) is 16.6. The molecule has 1 aliphatic rings. The zero-order valence-corrected chi connectivity index (χ0v) is 22.1. The summed E-state index contributed by atoms with van der Waals surface area (Å²) in [5.74, 6) is -1.55. The molecule has 0 saturated heterocycles. The highest BCUT2D eigenvalue weighted by atomic mass is 32.1. The maximum absolute atomic E-state index is 12.5. The summed E-state index contributed by atoms with van der Waals surface area (Å²) in [4.78, 5) is 38.7. The van der Waals surface area contributed by atoms with E-state index >= 15 is 0 Å². The van der Waals surface area contributed by atoms with Crippen molar-refractivity contribution in [3.63, 3.8) is 0 Å². The Bertz CT molecular complexity index is 1100. The van der Waals surface area contributed by atoms with Crippen LogP contribution in [0.5, 0.6) is 0 Å². The number of benzene rings is 1. The Hall–Kier alpha value is -2.98. The van der Waals surface area contributed by atoms with Crippen LogP contribution in [-0.4, -0.2) is 42.3 Å². The molecule has 1 aliphatic carbocycles. The largest absolute Gasteiger partial charge is 0.465 e. The lowest BCUT2D eigenvalue weighted by Gasteiger charge is -2.15. The Morgan fingerprint density at radius 3 is 2.00 bits per heavy atom. The number of nitrogens with one attached hydrogen (secondary N) is 2. The van der Waals surface area contributed by atoms with Crippen molar-refractivity contribution in [1.29, 1.82) is 0 Å². The number of carbonyl (C=O) groups excluding carboxylic acids is 3. The number of aryl methyl sites for hydroxylation is 1. The second-order valence-electron chi connectivity index (χ2n) is 8.69. The van der Waals surface area contributed by atoms with Gasteiger partial charge in [-0.05, 0) is 89.4 Å². The number of hydrogen-bond donors (Lipinski definition) is 2. The fourth-order valence-electron chi connectivity index (χ4n) is 3.74. The minimum absolute atomic E-state index is 0.184. The summed E-state index contributed by atoms with van der Waals surface area (Å²) in [5, 5.41) is 6.92. The molecule has 2 N–H and O–H groups in total. The molecule has 35 heavy (non-hydrogen) atoms. The Labute approximate surface area is 214 Å². The first kappa shape index (κ1) is 26.6. The maximum Gasteiger partial charge on any atom is 0.341 e. The fourth-order valence-corrected chi connectivity index (χ4v) is 5.30. The Kier molecular flexibility index (Phi) is 8.85. The van der Waals surface area contributed by atoms with Gasteiger partial charge in [0.1, 0.15) is 5.00 Å². The fraction of sp³-hybridized carbons (Fsp3) is 0.440. The predicted octanol–water partition coefficient (Wildman–Crippen LogP) is 5.35. The molecule has 0 amide bonds. The van der Waals surface area contributed by atoms with Crippen LogP contribution < -0.4 is 10.6 Å². The van der Waals surface area contributed by atoms with Gasteiger partial charge in [-0.1, -0.05) is 0 Å². The van der Waals surface area contributed by atoms with Gasteiger partial charge in [0.25, 0.3) is 0 Å². The molecule has 0 unspecified atom stereocenters. The number of methoxy groups -OCH3 is 1. The van der Waals surface area contributed by atoms with E-state index in [-0.39, 0.29) is 28.4 Å². The molecule has 8 nitrogen and oxygen atoms in total. The average Bonchev–Trinajstić information content (AvgIpc) is 3.14. The molecule has 0 atom stereocenters. The van der Waals surface area contributed by atoms with E-state index in [9.17, 15) is 14.4 Å². The normalized spacial score (nSPS) is 12.7. The van der Waals surface area contributed by atoms with Gasteiger partial charge < -0.3 is 24.8 Å². The van der Waals surface area contributed by atoms with E-state index < -0.39 is 17.9 Å². The first-order valence-electron chi connectivity index (χ1n) is 11.5. The van der Waals surface area contributed by atoms with Crippen LogP contribution in [0.3, 0.4) is 0 Å². The lowest BCUT2D eigenvalue weighted by Crippen LogP contribution is -2.21. The first-order valence-corrected chi connectivity index (χ1v) is 12.7. The number of carbonyl (C=O) groups is 3. The molecule has 0 spiro atoms. The van der Waals surface area contributed by atoms with Gasteiger partial charge in [-0.15, -0.1) is 11.3 Å². The van der Waals surface area contributed by atoms with E-state index in [1.807, 2.05) is 0 Å². The van der Waals surface area contributed by atoms with E-state index in [4.69, 9.17) is 26.4 Å². The third kappa shape index (κ3) is 6.79. The average molecular weight is 519 g/mol. The van der Waals surface area contributed by atoms with Crippen molar-refractivity contribution in [1.82, 2.24) is 0 Å². The maximum atomic E-state index is 12.5. The molecular weight excluding hydrogens is 488 g/mol. The summed E-state index contributed by atoms with van der Waals surface area (Å²) in [5.41, 5.74) is 2.28. The minimum Gasteiger partial charge on any atom is -0.465 e. The summed E-state index contributed by atoms with van der Waals surface area (Å²) in [6, 6.07) is 4.52. The minimum atomic E-state index is -0.569. The van der Waals surface area contributed by atoms with Crippen LogP contribution in [0.25, 0.3) is 0 Å². The Morgan fingerprint density at radius 1 is 0.886 bits per heavy atom. The van der Waals surface area contributed by atoms with Gasteiger partial charge in [0.2, 0.25) is 0 Å². The number of esters is 3. The zero-order chi connectivity index (χ0) is 25.7. The summed E-state index contributed by atoms with van der Waals surface area (Å²) >= 11 is 6.99. The lowest BCUT2D eigenvalue weighted by molar-refractivity contribution is 0.0377. The summed E-state index contributed by atoms with van der Waals surface area (Å²) in [6.45, 7) is 6.97. The third-order valence-electron chi connectivity index (χ3n) is 5.14. The SMILES string of the molecule is COC(=O)c1c(NC(=S)Nc2cc(C(=O)OC(C)C)cc(C(=O)OC(C)C)c2)sc2c1CCCC2. The van der Waals surface area contributed by atoms with Crippen molar-refractivity contribution >= 4 is 57.3 Å². The summed E-state index contributed by atoms with van der Waals surface area (Å²) in [6.07, 6.45) is 3.17. The summed E-state index contributed by atoms with van der Waals surface area (Å²) in [7, 11) is 1.36. The van der Waals surface area contributed by atoms with Crippen LogP contribution in [-0.2, 0) is 27.1 Å². The van der Waals surface area contributed by atoms with Gasteiger partial charge in [-0.3, -0.25) is 0 Å². The molecule has 0 bridgehead atoms. The zero-order valence-electron chi connectivity index (χ0n) is 20.5. The van der Waals surface area contributed by atoms with Gasteiger partial charge in [-0.2, -0.15) is 0 Å². The van der Waals surface area contributed by atoms with Gasteiger partial charge in [0.15, 0.2) is 5.11 Å². The molecule has 2 aromatic rings. The molecular formula is C25H30N2O6S2. The number of fused-ring (bicyclic) bond motifs is 1. The van der Waals surface area contributed by atoms with Crippen molar-refractivity contribution in [2.24, 2.45) is 0 Å². The van der Waals surface area contributed by atoms with Crippen molar-refractivity contribution in [2.45, 2.75) is 65.6 Å². The van der Waals surface area contributed by atoms with Crippen LogP contribution in [0.1, 0.15) is 82.1 Å². The number of rotatable bonds is 7. The standard InChI is InChI=1S/C25H30N2O6S2/c1-13(2)32-22(28)15-10-16(23(29)33-14(3)4)12-17(11-15)26-25(34)27-21-20(24(30)31-5)18-8-6-7-9-19(18)35-21/h10-14H,6-9H2,1-5H3,(H2,26,27,34). The number of thiophene rings is 1. The molecule has 0 radical (unpaired) electrons. The van der Waals surface area contributed by atoms with Crippen LogP contribution in [0.15, 0.2) is 18.2 Å². The molecule has 10 heteroatoms. The van der Waals surface area contributed by atoms with Crippen LogP contribution in [0, 0.1) is 0 Å². The number of anilines is 2. The summed E-state index contributed by atoms with van der Waals surface area (Å²) < 4.78 is 15.6. The second kappa shape index (κ2) is 11.6. The highest BCUT2D eigenvalue weighted by Gasteiger charge is 2.26.